The molecule has 13 heavy (non-hydrogen) atoms. The van der Waals surface area contributed by atoms with Crippen LogP contribution in [0.2, 0.25) is 0 Å². The molecule has 0 saturated heterocycles. The molecule has 0 aliphatic heterocycles. The zero-order valence-corrected chi connectivity index (χ0v) is 6.47. The van der Waals surface area contributed by atoms with Crippen LogP contribution in [0.4, 0.5) is 5.82 Å². The summed E-state index contributed by atoms with van der Waals surface area (Å²) in [6, 6.07) is -0.205. The van der Waals surface area contributed by atoms with Gasteiger partial charge in [-0.25, -0.2) is 4.79 Å². The maximum Gasteiger partial charge on any atom is 0.389 e. The molecule has 1 aromatic rings. The Hall–Kier alpha value is -2.12. The first-order chi connectivity index (χ1) is 6.06. The standard InChI is InChI=1S/C5H5N3O5/c1-13-5-6-2(4(9)10)3(7-5)8(11)12/h1H3,(H,6,7)(H,9,10). The molecule has 0 spiro atoms. The second kappa shape index (κ2) is 3.09. The lowest BCUT2D eigenvalue weighted by Gasteiger charge is -1.89. The average molecular weight is 187 g/mol. The highest BCUT2D eigenvalue weighted by Gasteiger charge is 2.25. The number of carboxylic acid groups (broad SMARTS) is 1. The van der Waals surface area contributed by atoms with Crippen molar-refractivity contribution in [1.29, 1.82) is 0 Å². The van der Waals surface area contributed by atoms with Crippen molar-refractivity contribution >= 4 is 11.8 Å². The van der Waals surface area contributed by atoms with Gasteiger partial charge in [0, 0.05) is 0 Å². The molecule has 0 aliphatic carbocycles. The van der Waals surface area contributed by atoms with Crippen LogP contribution < -0.4 is 4.74 Å². The predicted molar refractivity (Wildman–Crippen MR) is 38.8 cm³/mol. The second-order valence-corrected chi connectivity index (χ2v) is 2.01. The molecule has 0 unspecified atom stereocenters. The smallest absolute Gasteiger partial charge is 0.389 e. The summed E-state index contributed by atoms with van der Waals surface area (Å²) in [7, 11) is 1.22. The monoisotopic (exact) mass is 187 g/mol. The number of nitrogens with one attached hydrogen (secondary N) is 1. The van der Waals surface area contributed by atoms with Gasteiger partial charge in [0.15, 0.2) is 0 Å². The van der Waals surface area contributed by atoms with E-state index < -0.39 is 22.4 Å². The van der Waals surface area contributed by atoms with Crippen LogP contribution in [0.3, 0.4) is 0 Å². The van der Waals surface area contributed by atoms with E-state index >= 15 is 0 Å². The van der Waals surface area contributed by atoms with Gasteiger partial charge in [0.2, 0.25) is 5.69 Å². The van der Waals surface area contributed by atoms with Crippen molar-refractivity contribution in [3.05, 3.63) is 15.8 Å². The number of rotatable bonds is 3. The van der Waals surface area contributed by atoms with Crippen LogP contribution in [0.15, 0.2) is 0 Å². The Morgan fingerprint density at radius 1 is 1.77 bits per heavy atom. The number of carbonyl (C=O) groups is 1. The summed E-state index contributed by atoms with van der Waals surface area (Å²) in [5, 5.41) is 18.8. The number of carboxylic acids is 1. The van der Waals surface area contributed by atoms with Gasteiger partial charge in [-0.1, -0.05) is 0 Å². The van der Waals surface area contributed by atoms with Crippen molar-refractivity contribution in [2.45, 2.75) is 0 Å². The molecule has 1 heterocycles. The highest BCUT2D eigenvalue weighted by Crippen LogP contribution is 2.18. The summed E-state index contributed by atoms with van der Waals surface area (Å²) >= 11 is 0. The number of aromatic amines is 1. The molecule has 0 bridgehead atoms. The largest absolute Gasteiger partial charge is 0.476 e. The zero-order chi connectivity index (χ0) is 10.0. The number of ether oxygens (including phenoxy) is 1. The van der Waals surface area contributed by atoms with Crippen molar-refractivity contribution in [1.82, 2.24) is 9.97 Å². The topological polar surface area (TPSA) is 118 Å². The third-order valence-electron chi connectivity index (χ3n) is 1.24. The summed E-state index contributed by atoms with van der Waals surface area (Å²) in [4.78, 5) is 25.2. The number of aromatic nitrogens is 2. The molecule has 1 aromatic heterocycles. The fourth-order valence-electron chi connectivity index (χ4n) is 0.721. The summed E-state index contributed by atoms with van der Waals surface area (Å²) in [5.41, 5.74) is -0.665. The Morgan fingerprint density at radius 3 is 2.69 bits per heavy atom. The van der Waals surface area contributed by atoms with E-state index in [1.54, 1.807) is 0 Å². The summed E-state index contributed by atoms with van der Waals surface area (Å²) in [5.74, 6) is -2.17. The van der Waals surface area contributed by atoms with Gasteiger partial charge in [-0.15, -0.1) is 0 Å². The van der Waals surface area contributed by atoms with Crippen LogP contribution in [0, 0.1) is 10.1 Å². The summed E-state index contributed by atoms with van der Waals surface area (Å²) in [6.45, 7) is 0. The minimum atomic E-state index is -1.48. The number of hydrogen-bond donors (Lipinski definition) is 2. The molecule has 0 aromatic carbocycles. The van der Waals surface area contributed by atoms with Crippen molar-refractivity contribution in [3.8, 4) is 6.01 Å². The average Bonchev–Trinajstić information content (AvgIpc) is 2.47. The fraction of sp³-hybridized carbons (Fsp3) is 0.200. The highest BCUT2D eigenvalue weighted by molar-refractivity contribution is 5.89. The first kappa shape index (κ1) is 8.97. The maximum atomic E-state index is 10.4. The molecule has 1 rings (SSSR count). The molecule has 8 nitrogen and oxygen atoms in total. The van der Waals surface area contributed by atoms with Crippen molar-refractivity contribution in [2.75, 3.05) is 7.11 Å². The van der Waals surface area contributed by atoms with Gasteiger partial charge in [-0.2, -0.15) is 9.97 Å². The van der Waals surface area contributed by atoms with E-state index in [1.807, 2.05) is 0 Å². The van der Waals surface area contributed by atoms with E-state index in [-0.39, 0.29) is 6.01 Å². The third-order valence-corrected chi connectivity index (χ3v) is 1.24. The molecule has 8 heteroatoms. The zero-order valence-electron chi connectivity index (χ0n) is 6.47. The highest BCUT2D eigenvalue weighted by atomic mass is 16.6. The normalized spacial score (nSPS) is 9.62. The maximum absolute atomic E-state index is 10.4. The number of imidazole rings is 1. The second-order valence-electron chi connectivity index (χ2n) is 2.01. The summed E-state index contributed by atoms with van der Waals surface area (Å²) < 4.78 is 4.50. The Labute approximate surface area is 71.3 Å². The van der Waals surface area contributed by atoms with E-state index in [0.29, 0.717) is 0 Å². The molecule has 0 radical (unpaired) electrons. The quantitative estimate of drug-likeness (QED) is 0.508. The summed E-state index contributed by atoms with van der Waals surface area (Å²) in [6.07, 6.45) is 0. The van der Waals surface area contributed by atoms with Gasteiger partial charge in [0.05, 0.1) is 7.11 Å². The minimum Gasteiger partial charge on any atom is -0.476 e. The molecular weight excluding hydrogens is 182 g/mol. The van der Waals surface area contributed by atoms with E-state index in [4.69, 9.17) is 5.11 Å². The number of H-pyrrole nitrogens is 1. The van der Waals surface area contributed by atoms with Gasteiger partial charge in [-0.3, -0.25) is 0 Å². The van der Waals surface area contributed by atoms with Gasteiger partial charge >= 0.3 is 17.8 Å². The molecular formula is C5H5N3O5. The first-order valence-corrected chi connectivity index (χ1v) is 3.08. The molecule has 0 aliphatic rings. The number of methoxy groups -OCH3 is 1. The Kier molecular flexibility index (Phi) is 2.13. The first-order valence-electron chi connectivity index (χ1n) is 3.08. The van der Waals surface area contributed by atoms with E-state index in [1.165, 1.54) is 7.11 Å². The van der Waals surface area contributed by atoms with Crippen LogP contribution in [-0.4, -0.2) is 33.1 Å². The van der Waals surface area contributed by atoms with Crippen LogP contribution in [0.1, 0.15) is 10.5 Å². The van der Waals surface area contributed by atoms with Gasteiger partial charge in [0.25, 0.3) is 0 Å². The molecule has 2 N–H and O–H groups in total. The van der Waals surface area contributed by atoms with E-state index in [2.05, 4.69) is 14.7 Å². The Morgan fingerprint density at radius 2 is 2.38 bits per heavy atom. The van der Waals surface area contributed by atoms with E-state index in [9.17, 15) is 14.9 Å². The van der Waals surface area contributed by atoms with Crippen LogP contribution in [-0.2, 0) is 0 Å². The van der Waals surface area contributed by atoms with E-state index in [0.717, 1.165) is 0 Å². The van der Waals surface area contributed by atoms with Crippen LogP contribution in [0.5, 0.6) is 6.01 Å². The molecule has 0 fully saturated rings. The van der Waals surface area contributed by atoms with Crippen LogP contribution >= 0.6 is 0 Å². The van der Waals surface area contributed by atoms with Crippen LogP contribution in [0.25, 0.3) is 0 Å². The van der Waals surface area contributed by atoms with Gasteiger partial charge in [-0.05, 0) is 4.92 Å². The number of nitrogens with zero attached hydrogens (tertiary/aromatic N) is 2. The number of aromatic carboxylic acids is 1. The van der Waals surface area contributed by atoms with Gasteiger partial charge < -0.3 is 20.0 Å². The SMILES string of the molecule is COc1nc(C(=O)O)c([N+](=O)[O-])[nH]1. The Balaban J connectivity index is 3.23. The molecule has 0 amide bonds. The van der Waals surface area contributed by atoms with Crippen molar-refractivity contribution in [3.63, 3.8) is 0 Å². The Bertz CT molecular complexity index is 326. The molecule has 0 saturated carbocycles. The minimum absolute atomic E-state index is 0.205. The number of nitro groups is 1. The predicted octanol–water partition coefficient (Wildman–Crippen LogP) is 0.0247. The van der Waals surface area contributed by atoms with Crippen molar-refractivity contribution < 1.29 is 19.6 Å². The van der Waals surface area contributed by atoms with Crippen molar-refractivity contribution in [2.24, 2.45) is 0 Å². The number of hydrogen-bond acceptors (Lipinski definition) is 5. The third kappa shape index (κ3) is 1.55. The lowest BCUT2D eigenvalue weighted by molar-refractivity contribution is -0.389. The lowest BCUT2D eigenvalue weighted by atomic mass is 10.4. The molecule has 70 valence electrons. The molecule has 0 atom stereocenters. The van der Waals surface area contributed by atoms with Gasteiger partial charge in [0.1, 0.15) is 0 Å². The fourth-order valence-corrected chi connectivity index (χ4v) is 0.721. The lowest BCUT2D eigenvalue weighted by Crippen LogP contribution is -2.01.